The number of anilines is 2. The minimum absolute atomic E-state index is 0.249. The minimum Gasteiger partial charge on any atom is -0.396 e. The highest BCUT2D eigenvalue weighted by atomic mass is 35.5. The van der Waals surface area contributed by atoms with Crippen molar-refractivity contribution in [3.63, 3.8) is 0 Å². The molecule has 0 atom stereocenters. The largest absolute Gasteiger partial charge is 0.396 e. The molecule has 4 N–H and O–H groups in total. The molecule has 0 saturated heterocycles. The van der Waals surface area contributed by atoms with Gasteiger partial charge in [-0.2, -0.15) is 0 Å². The Bertz CT molecular complexity index is 839. The summed E-state index contributed by atoms with van der Waals surface area (Å²) in [6.07, 6.45) is 0. The normalized spacial score (nSPS) is 10.5. The zero-order chi connectivity index (χ0) is 16.4. The average Bonchev–Trinajstić information content (AvgIpc) is 2.85. The summed E-state index contributed by atoms with van der Waals surface area (Å²) in [5.74, 6) is -0.249. The number of hydrogen-bond donors (Lipinski definition) is 3. The monoisotopic (exact) mass is 325 g/mol. The van der Waals surface area contributed by atoms with Gasteiger partial charge >= 0.3 is 0 Å². The highest BCUT2D eigenvalue weighted by molar-refractivity contribution is 6.30. The summed E-state index contributed by atoms with van der Waals surface area (Å²) in [6.45, 7) is 1.83. The first-order valence-electron chi connectivity index (χ1n) is 7.16. The van der Waals surface area contributed by atoms with E-state index in [2.05, 4.69) is 10.3 Å². The third-order valence-corrected chi connectivity index (χ3v) is 3.87. The highest BCUT2D eigenvalue weighted by Gasteiger charge is 2.20. The smallest absolute Gasteiger partial charge is 0.259 e. The van der Waals surface area contributed by atoms with Gasteiger partial charge in [0, 0.05) is 22.0 Å². The first-order chi connectivity index (χ1) is 11.1. The molecule has 5 heteroatoms. The molecule has 0 aliphatic heterocycles. The number of nitrogens with two attached hydrogens (primary N) is 1. The predicted molar refractivity (Wildman–Crippen MR) is 94.8 cm³/mol. The Balaban J connectivity index is 1.92. The van der Waals surface area contributed by atoms with Gasteiger partial charge in [0.15, 0.2) is 0 Å². The van der Waals surface area contributed by atoms with Gasteiger partial charge in [-0.15, -0.1) is 0 Å². The molecule has 0 unspecified atom stereocenters. The number of nitrogen functional groups attached to an aromatic ring is 1. The summed E-state index contributed by atoms with van der Waals surface area (Å²) < 4.78 is 0. The Labute approximate surface area is 139 Å². The lowest BCUT2D eigenvalue weighted by molar-refractivity contribution is 0.102. The van der Waals surface area contributed by atoms with E-state index in [-0.39, 0.29) is 5.91 Å². The van der Waals surface area contributed by atoms with Gasteiger partial charge in [0.1, 0.15) is 0 Å². The number of amides is 1. The molecule has 0 fully saturated rings. The Morgan fingerprint density at radius 2 is 1.74 bits per heavy atom. The Kier molecular flexibility index (Phi) is 4.08. The molecule has 0 radical (unpaired) electrons. The molecule has 1 aromatic heterocycles. The van der Waals surface area contributed by atoms with Gasteiger partial charge in [-0.25, -0.2) is 0 Å². The zero-order valence-corrected chi connectivity index (χ0v) is 13.3. The molecule has 4 nitrogen and oxygen atoms in total. The Morgan fingerprint density at radius 3 is 2.39 bits per heavy atom. The third kappa shape index (κ3) is 3.07. The molecular weight excluding hydrogens is 310 g/mol. The fourth-order valence-corrected chi connectivity index (χ4v) is 2.62. The molecule has 116 valence electrons. The Hall–Kier alpha value is -2.72. The van der Waals surface area contributed by atoms with E-state index in [4.69, 9.17) is 17.3 Å². The van der Waals surface area contributed by atoms with Gasteiger partial charge in [-0.1, -0.05) is 41.9 Å². The number of carbonyl (C=O) groups excluding carboxylic acids is 1. The first kappa shape index (κ1) is 15.2. The topological polar surface area (TPSA) is 70.9 Å². The van der Waals surface area contributed by atoms with E-state index in [1.807, 2.05) is 37.3 Å². The second kappa shape index (κ2) is 6.18. The second-order valence-corrected chi connectivity index (χ2v) is 5.68. The van der Waals surface area contributed by atoms with Crippen LogP contribution >= 0.6 is 11.6 Å². The van der Waals surface area contributed by atoms with Crippen molar-refractivity contribution in [1.29, 1.82) is 0 Å². The predicted octanol–water partition coefficient (Wildman–Crippen LogP) is 4.48. The molecule has 1 heterocycles. The third-order valence-electron chi connectivity index (χ3n) is 3.62. The maximum Gasteiger partial charge on any atom is 0.259 e. The molecule has 2 aromatic carbocycles. The van der Waals surface area contributed by atoms with E-state index < -0.39 is 0 Å². The van der Waals surface area contributed by atoms with Crippen molar-refractivity contribution in [3.05, 3.63) is 70.9 Å². The molecule has 0 bridgehead atoms. The maximum absolute atomic E-state index is 12.5. The number of aromatic amines is 1. The summed E-state index contributed by atoms with van der Waals surface area (Å²) in [4.78, 5) is 15.7. The van der Waals surface area contributed by atoms with Gasteiger partial charge in [0.25, 0.3) is 5.91 Å². The van der Waals surface area contributed by atoms with Crippen LogP contribution in [0.15, 0.2) is 54.6 Å². The van der Waals surface area contributed by atoms with Crippen LogP contribution in [0.25, 0.3) is 11.3 Å². The van der Waals surface area contributed by atoms with Gasteiger partial charge in [0.2, 0.25) is 0 Å². The van der Waals surface area contributed by atoms with Gasteiger partial charge in [-0.3, -0.25) is 4.79 Å². The summed E-state index contributed by atoms with van der Waals surface area (Å²) in [5.41, 5.74) is 10.2. The average molecular weight is 326 g/mol. The molecule has 0 saturated carbocycles. The number of aromatic nitrogens is 1. The van der Waals surface area contributed by atoms with Crippen LogP contribution in [-0.2, 0) is 0 Å². The van der Waals surface area contributed by atoms with Crippen LogP contribution in [0, 0.1) is 6.92 Å². The van der Waals surface area contributed by atoms with Crippen LogP contribution in [0.3, 0.4) is 0 Å². The number of aryl methyl sites for hydroxylation is 1. The Morgan fingerprint density at radius 1 is 1.09 bits per heavy atom. The van der Waals surface area contributed by atoms with Crippen LogP contribution in [0.5, 0.6) is 0 Å². The van der Waals surface area contributed by atoms with E-state index in [0.29, 0.717) is 22.0 Å². The fourth-order valence-electron chi connectivity index (χ4n) is 2.50. The second-order valence-electron chi connectivity index (χ2n) is 5.24. The van der Waals surface area contributed by atoms with Crippen molar-refractivity contribution in [1.82, 2.24) is 4.98 Å². The lowest BCUT2D eigenvalue weighted by Crippen LogP contribution is -2.14. The molecule has 0 aliphatic carbocycles. The van der Waals surface area contributed by atoms with E-state index in [1.54, 1.807) is 24.3 Å². The molecule has 23 heavy (non-hydrogen) atoms. The van der Waals surface area contributed by atoms with Crippen molar-refractivity contribution in [2.24, 2.45) is 0 Å². The number of halogens is 1. The number of carbonyl (C=O) groups is 1. The molecule has 3 rings (SSSR count). The van der Waals surface area contributed by atoms with Crippen LogP contribution in [0.4, 0.5) is 11.4 Å². The van der Waals surface area contributed by atoms with Crippen molar-refractivity contribution >= 4 is 28.9 Å². The maximum atomic E-state index is 12.5. The van der Waals surface area contributed by atoms with Crippen LogP contribution in [-0.4, -0.2) is 10.9 Å². The lowest BCUT2D eigenvalue weighted by atomic mass is 10.1. The highest BCUT2D eigenvalue weighted by Crippen LogP contribution is 2.30. The minimum atomic E-state index is -0.249. The SMILES string of the molecule is Cc1[nH]c(-c2ccccc2)c(N)c1C(=O)Nc1ccc(Cl)cc1. The van der Waals surface area contributed by atoms with Crippen molar-refractivity contribution in [2.75, 3.05) is 11.1 Å². The number of hydrogen-bond acceptors (Lipinski definition) is 2. The van der Waals surface area contributed by atoms with Crippen molar-refractivity contribution in [2.45, 2.75) is 6.92 Å². The standard InChI is InChI=1S/C18H16ClN3O/c1-11-15(18(23)22-14-9-7-13(19)8-10-14)16(20)17(21-11)12-5-3-2-4-6-12/h2-10,21H,20H2,1H3,(H,22,23). The molecule has 0 spiro atoms. The van der Waals surface area contributed by atoms with Crippen LogP contribution < -0.4 is 11.1 Å². The number of rotatable bonds is 3. The van der Waals surface area contributed by atoms with Crippen molar-refractivity contribution in [3.8, 4) is 11.3 Å². The van der Waals surface area contributed by atoms with Crippen molar-refractivity contribution < 1.29 is 4.79 Å². The first-order valence-corrected chi connectivity index (χ1v) is 7.54. The van der Waals surface area contributed by atoms with Crippen LogP contribution in [0.2, 0.25) is 5.02 Å². The molecule has 1 amide bonds. The summed E-state index contributed by atoms with van der Waals surface area (Å²) >= 11 is 5.85. The van der Waals surface area contributed by atoms with Crippen LogP contribution in [0.1, 0.15) is 16.1 Å². The quantitative estimate of drug-likeness (QED) is 0.664. The van der Waals surface area contributed by atoms with E-state index >= 15 is 0 Å². The number of H-pyrrole nitrogens is 1. The number of benzene rings is 2. The van der Waals surface area contributed by atoms with Gasteiger partial charge in [-0.05, 0) is 31.2 Å². The summed E-state index contributed by atoms with van der Waals surface area (Å²) in [6, 6.07) is 16.6. The molecule has 3 aromatic rings. The van der Waals surface area contributed by atoms with E-state index in [9.17, 15) is 4.79 Å². The van der Waals surface area contributed by atoms with Gasteiger partial charge < -0.3 is 16.0 Å². The zero-order valence-electron chi connectivity index (χ0n) is 12.6. The summed E-state index contributed by atoms with van der Waals surface area (Å²) in [7, 11) is 0. The molecular formula is C18H16ClN3O. The van der Waals surface area contributed by atoms with E-state index in [1.165, 1.54) is 0 Å². The lowest BCUT2D eigenvalue weighted by Gasteiger charge is -2.06. The number of nitrogens with one attached hydrogen (secondary N) is 2. The van der Waals surface area contributed by atoms with E-state index in [0.717, 1.165) is 17.0 Å². The molecule has 0 aliphatic rings. The summed E-state index contributed by atoms with van der Waals surface area (Å²) in [5, 5.41) is 3.45. The van der Waals surface area contributed by atoms with Gasteiger partial charge in [0.05, 0.1) is 16.9 Å². The fraction of sp³-hybridized carbons (Fsp3) is 0.0556.